The fourth-order valence-electron chi connectivity index (χ4n) is 2.57. The van der Waals surface area contributed by atoms with Crippen molar-refractivity contribution in [3.8, 4) is 5.75 Å². The number of nitrogens with one attached hydrogen (secondary N) is 1. The molecule has 5 nitrogen and oxygen atoms in total. The fourth-order valence-corrected chi connectivity index (χ4v) is 2.57. The Hall–Kier alpha value is -3.08. The molecule has 0 atom stereocenters. The maximum Gasteiger partial charge on any atom is 0.275 e. The lowest BCUT2D eigenvalue weighted by molar-refractivity contribution is -0.123. The highest BCUT2D eigenvalue weighted by Crippen LogP contribution is 2.29. The highest BCUT2D eigenvalue weighted by molar-refractivity contribution is 6.36. The van der Waals surface area contributed by atoms with E-state index in [1.54, 1.807) is 43.3 Å². The number of rotatable bonds is 4. The number of hydrogen-bond donors (Lipinski definition) is 1. The molecule has 0 fully saturated rings. The van der Waals surface area contributed by atoms with Gasteiger partial charge in [-0.25, -0.2) is 0 Å². The van der Waals surface area contributed by atoms with Crippen LogP contribution in [-0.2, 0) is 9.59 Å². The molecule has 0 unspecified atom stereocenters. The van der Waals surface area contributed by atoms with E-state index in [1.807, 2.05) is 30.3 Å². The van der Waals surface area contributed by atoms with Gasteiger partial charge in [0.1, 0.15) is 11.4 Å². The molecule has 2 aromatic carbocycles. The molecule has 116 valence electrons. The van der Waals surface area contributed by atoms with Crippen LogP contribution in [0.5, 0.6) is 5.75 Å². The van der Waals surface area contributed by atoms with Crippen LogP contribution in [0, 0.1) is 0 Å². The first-order valence-corrected chi connectivity index (χ1v) is 7.15. The zero-order chi connectivity index (χ0) is 16.4. The van der Waals surface area contributed by atoms with Crippen LogP contribution in [-0.4, -0.2) is 26.0 Å². The quantitative estimate of drug-likeness (QED) is 0.880. The van der Waals surface area contributed by atoms with E-state index in [0.717, 1.165) is 5.69 Å². The van der Waals surface area contributed by atoms with Crippen LogP contribution in [0.2, 0.25) is 0 Å². The van der Waals surface area contributed by atoms with Gasteiger partial charge in [-0.3, -0.25) is 14.9 Å². The zero-order valence-corrected chi connectivity index (χ0v) is 12.9. The Morgan fingerprint density at radius 1 is 0.913 bits per heavy atom. The summed E-state index contributed by atoms with van der Waals surface area (Å²) in [6.45, 7) is 0. The van der Waals surface area contributed by atoms with Gasteiger partial charge in [-0.05, 0) is 29.8 Å². The molecule has 0 bridgehead atoms. The second kappa shape index (κ2) is 5.96. The monoisotopic (exact) mass is 308 g/mol. The lowest BCUT2D eigenvalue weighted by Gasteiger charge is -2.20. The molecule has 2 aromatic rings. The minimum absolute atomic E-state index is 0.339. The van der Waals surface area contributed by atoms with Crippen LogP contribution >= 0.6 is 0 Å². The second-order valence-corrected chi connectivity index (χ2v) is 5.13. The number of ether oxygens (including phenoxy) is 1. The third-order valence-electron chi connectivity index (χ3n) is 3.76. The molecular formula is C18H16N2O3. The lowest BCUT2D eigenvalue weighted by atomic mass is 10.0. The third kappa shape index (κ3) is 2.68. The van der Waals surface area contributed by atoms with Gasteiger partial charge in [0.15, 0.2) is 0 Å². The van der Waals surface area contributed by atoms with E-state index in [1.165, 1.54) is 0 Å². The molecule has 0 radical (unpaired) electrons. The minimum atomic E-state index is -0.396. The summed E-state index contributed by atoms with van der Waals surface area (Å²) in [4.78, 5) is 26.2. The molecule has 3 rings (SSSR count). The Morgan fingerprint density at radius 3 is 2.17 bits per heavy atom. The summed E-state index contributed by atoms with van der Waals surface area (Å²) in [5.41, 5.74) is 2.21. The molecule has 23 heavy (non-hydrogen) atoms. The van der Waals surface area contributed by atoms with Crippen LogP contribution in [0.4, 0.5) is 5.69 Å². The SMILES string of the molecule is COc1ccc(C2=C(N(C)c3ccccc3)C(=O)NC2=O)cc1. The van der Waals surface area contributed by atoms with Crippen molar-refractivity contribution in [1.29, 1.82) is 0 Å². The van der Waals surface area contributed by atoms with E-state index < -0.39 is 11.8 Å². The molecular weight excluding hydrogens is 292 g/mol. The topological polar surface area (TPSA) is 58.6 Å². The molecule has 5 heteroatoms. The van der Waals surface area contributed by atoms with E-state index in [-0.39, 0.29) is 0 Å². The number of benzene rings is 2. The maximum atomic E-state index is 12.3. The molecule has 2 amide bonds. The van der Waals surface area contributed by atoms with Crippen molar-refractivity contribution in [2.24, 2.45) is 0 Å². The number of para-hydroxylation sites is 1. The number of hydrogen-bond acceptors (Lipinski definition) is 4. The van der Waals surface area contributed by atoms with Gasteiger partial charge in [-0.15, -0.1) is 0 Å². The van der Waals surface area contributed by atoms with Gasteiger partial charge in [0, 0.05) is 12.7 Å². The minimum Gasteiger partial charge on any atom is -0.497 e. The Bertz CT molecular complexity index is 780. The summed E-state index contributed by atoms with van der Waals surface area (Å²) < 4.78 is 5.13. The van der Waals surface area contributed by atoms with Crippen LogP contribution in [0.1, 0.15) is 5.56 Å². The van der Waals surface area contributed by atoms with Crippen LogP contribution in [0.3, 0.4) is 0 Å². The highest BCUT2D eigenvalue weighted by Gasteiger charge is 2.34. The van der Waals surface area contributed by atoms with Gasteiger partial charge >= 0.3 is 0 Å². The number of likely N-dealkylation sites (N-methyl/N-ethyl adjacent to an activating group) is 1. The van der Waals surface area contributed by atoms with Crippen molar-refractivity contribution in [1.82, 2.24) is 5.32 Å². The maximum absolute atomic E-state index is 12.3. The van der Waals surface area contributed by atoms with Crippen molar-refractivity contribution >= 4 is 23.1 Å². The van der Waals surface area contributed by atoms with E-state index in [0.29, 0.717) is 22.6 Å². The molecule has 0 spiro atoms. The summed E-state index contributed by atoms with van der Waals surface area (Å²) in [6, 6.07) is 16.5. The standard InChI is InChI=1S/C18H16N2O3/c1-20(13-6-4-3-5-7-13)16-15(17(21)19-18(16)22)12-8-10-14(23-2)11-9-12/h3-11H,1-2H3,(H,19,21,22). The van der Waals surface area contributed by atoms with Crippen LogP contribution < -0.4 is 15.0 Å². The molecule has 1 aliphatic heterocycles. The molecule has 1 aliphatic rings. The Kier molecular flexibility index (Phi) is 3.85. The molecule has 0 saturated heterocycles. The predicted molar refractivity (Wildman–Crippen MR) is 87.9 cm³/mol. The summed E-state index contributed by atoms with van der Waals surface area (Å²) in [5, 5.41) is 2.37. The van der Waals surface area contributed by atoms with E-state index in [4.69, 9.17) is 4.74 Å². The van der Waals surface area contributed by atoms with E-state index in [9.17, 15) is 9.59 Å². The number of carbonyl (C=O) groups is 2. The Morgan fingerprint density at radius 2 is 1.57 bits per heavy atom. The van der Waals surface area contributed by atoms with Gasteiger partial charge < -0.3 is 9.64 Å². The summed E-state index contributed by atoms with van der Waals surface area (Å²) in [7, 11) is 3.35. The first-order chi connectivity index (χ1) is 11.1. The highest BCUT2D eigenvalue weighted by atomic mass is 16.5. The average molecular weight is 308 g/mol. The van der Waals surface area contributed by atoms with Crippen molar-refractivity contribution in [3.63, 3.8) is 0 Å². The van der Waals surface area contributed by atoms with Crippen molar-refractivity contribution in [2.45, 2.75) is 0 Å². The number of nitrogens with zero attached hydrogens (tertiary/aromatic N) is 1. The number of amides is 2. The van der Waals surface area contributed by atoms with Crippen LogP contribution in [0.25, 0.3) is 5.57 Å². The predicted octanol–water partition coefficient (Wildman–Crippen LogP) is 2.20. The van der Waals surface area contributed by atoms with Crippen LogP contribution in [0.15, 0.2) is 60.3 Å². The number of methoxy groups -OCH3 is 1. The number of imide groups is 1. The Labute approximate surface area is 134 Å². The largest absolute Gasteiger partial charge is 0.497 e. The smallest absolute Gasteiger partial charge is 0.275 e. The summed E-state index contributed by atoms with van der Waals surface area (Å²) in [6.07, 6.45) is 0. The zero-order valence-electron chi connectivity index (χ0n) is 12.9. The second-order valence-electron chi connectivity index (χ2n) is 5.13. The molecule has 0 aliphatic carbocycles. The number of anilines is 1. The average Bonchev–Trinajstić information content (AvgIpc) is 2.89. The number of carbonyl (C=O) groups excluding carboxylic acids is 2. The van der Waals surface area contributed by atoms with E-state index in [2.05, 4.69) is 5.32 Å². The van der Waals surface area contributed by atoms with Gasteiger partial charge in [-0.2, -0.15) is 0 Å². The first-order valence-electron chi connectivity index (χ1n) is 7.15. The van der Waals surface area contributed by atoms with Gasteiger partial charge in [-0.1, -0.05) is 30.3 Å². The summed E-state index contributed by atoms with van der Waals surface area (Å²) >= 11 is 0. The first kappa shape index (κ1) is 14.8. The normalized spacial score (nSPS) is 14.0. The molecule has 0 aromatic heterocycles. The molecule has 0 saturated carbocycles. The summed E-state index contributed by atoms with van der Waals surface area (Å²) in [5.74, 6) is -0.0952. The lowest BCUT2D eigenvalue weighted by Crippen LogP contribution is -2.28. The van der Waals surface area contributed by atoms with Crippen molar-refractivity contribution in [2.75, 3.05) is 19.1 Å². The molecule has 1 N–H and O–H groups in total. The molecule has 1 heterocycles. The van der Waals surface area contributed by atoms with Gasteiger partial charge in [0.2, 0.25) is 0 Å². The third-order valence-corrected chi connectivity index (χ3v) is 3.76. The Balaban J connectivity index is 2.09. The van der Waals surface area contributed by atoms with Gasteiger partial charge in [0.05, 0.1) is 12.7 Å². The van der Waals surface area contributed by atoms with E-state index >= 15 is 0 Å². The van der Waals surface area contributed by atoms with Gasteiger partial charge in [0.25, 0.3) is 11.8 Å². The van der Waals surface area contributed by atoms with Crippen molar-refractivity contribution in [3.05, 3.63) is 65.9 Å². The van der Waals surface area contributed by atoms with Crippen molar-refractivity contribution < 1.29 is 14.3 Å². The fraction of sp³-hybridized carbons (Fsp3) is 0.111.